The lowest BCUT2D eigenvalue weighted by Gasteiger charge is -2.17. The van der Waals surface area contributed by atoms with Crippen molar-refractivity contribution in [2.45, 2.75) is 38.1 Å². The molecule has 1 aromatic heterocycles. The molecule has 0 bridgehead atoms. The van der Waals surface area contributed by atoms with Crippen LogP contribution in [-0.4, -0.2) is 22.5 Å². The van der Waals surface area contributed by atoms with Crippen molar-refractivity contribution >= 4 is 0 Å². The van der Waals surface area contributed by atoms with Crippen LogP contribution in [0.2, 0.25) is 0 Å². The number of hydrogen-bond acceptors (Lipinski definition) is 3. The molecular weight excluding hydrogens is 176 g/mol. The lowest BCUT2D eigenvalue weighted by molar-refractivity contribution is 0.407. The topological polar surface area (TPSA) is 53.6 Å². The maximum absolute atomic E-state index is 4.13. The number of hydrogen-bond donors (Lipinski definition) is 2. The molecule has 1 heterocycles. The van der Waals surface area contributed by atoms with Crippen molar-refractivity contribution in [1.29, 1.82) is 0 Å². The number of aromatic amines is 1. The van der Waals surface area contributed by atoms with Crippen molar-refractivity contribution < 1.29 is 0 Å². The molecule has 1 unspecified atom stereocenters. The fraction of sp³-hybridized carbons (Fsp3) is 0.800. The molecule has 4 nitrogen and oxygen atoms in total. The van der Waals surface area contributed by atoms with Gasteiger partial charge in [0.2, 0.25) is 0 Å². The van der Waals surface area contributed by atoms with Gasteiger partial charge >= 0.3 is 0 Å². The van der Waals surface area contributed by atoms with E-state index in [1.54, 1.807) is 0 Å². The smallest absolute Gasteiger partial charge is 0.0993 e. The van der Waals surface area contributed by atoms with Crippen molar-refractivity contribution in [2.24, 2.45) is 5.92 Å². The molecule has 14 heavy (non-hydrogen) atoms. The van der Waals surface area contributed by atoms with E-state index >= 15 is 0 Å². The Morgan fingerprint density at radius 3 is 2.93 bits per heavy atom. The summed E-state index contributed by atoms with van der Waals surface area (Å²) in [6, 6.07) is 0.372. The molecule has 2 rings (SSSR count). The molecule has 1 aromatic rings. The minimum atomic E-state index is 0.372. The number of nitrogens with one attached hydrogen (secondary N) is 2. The molecule has 1 aliphatic carbocycles. The first-order valence-electron chi connectivity index (χ1n) is 5.43. The Morgan fingerprint density at radius 2 is 2.36 bits per heavy atom. The van der Waals surface area contributed by atoms with Gasteiger partial charge in [0, 0.05) is 0 Å². The second kappa shape index (κ2) is 4.55. The fourth-order valence-electron chi connectivity index (χ4n) is 2.34. The monoisotopic (exact) mass is 194 g/mol. The van der Waals surface area contributed by atoms with E-state index in [9.17, 15) is 0 Å². The molecule has 78 valence electrons. The molecule has 2 N–H and O–H groups in total. The predicted octanol–water partition coefficient (Wildman–Crippen LogP) is 1.65. The van der Waals surface area contributed by atoms with Gasteiger partial charge in [-0.15, -0.1) is 0 Å². The Bertz CT molecular complexity index is 251. The van der Waals surface area contributed by atoms with Crippen LogP contribution in [0.25, 0.3) is 0 Å². The highest BCUT2D eigenvalue weighted by Gasteiger charge is 2.21. The third-order valence-electron chi connectivity index (χ3n) is 3.18. The van der Waals surface area contributed by atoms with Gasteiger partial charge in [0.15, 0.2) is 0 Å². The average molecular weight is 194 g/mol. The molecule has 0 aromatic carbocycles. The van der Waals surface area contributed by atoms with Crippen molar-refractivity contribution in [2.75, 3.05) is 7.05 Å². The summed E-state index contributed by atoms with van der Waals surface area (Å²) in [5.74, 6) is 0.879. The van der Waals surface area contributed by atoms with Crippen LogP contribution >= 0.6 is 0 Å². The van der Waals surface area contributed by atoms with Gasteiger partial charge in [-0.1, -0.05) is 25.7 Å². The quantitative estimate of drug-likeness (QED) is 0.766. The summed E-state index contributed by atoms with van der Waals surface area (Å²) in [6.45, 7) is 0. The number of nitrogens with zero attached hydrogens (tertiary/aromatic N) is 2. The molecule has 4 heteroatoms. The van der Waals surface area contributed by atoms with Crippen LogP contribution in [0.3, 0.4) is 0 Å². The molecule has 0 amide bonds. The van der Waals surface area contributed by atoms with Gasteiger partial charge in [0.25, 0.3) is 0 Å². The fourth-order valence-corrected chi connectivity index (χ4v) is 2.34. The maximum atomic E-state index is 4.13. The largest absolute Gasteiger partial charge is 0.312 e. The first-order chi connectivity index (χ1) is 6.90. The zero-order valence-corrected chi connectivity index (χ0v) is 8.66. The summed E-state index contributed by atoms with van der Waals surface area (Å²) in [5, 5.41) is 14.0. The van der Waals surface area contributed by atoms with Crippen LogP contribution in [0, 0.1) is 5.92 Å². The number of H-pyrrole nitrogens is 1. The molecule has 0 aliphatic heterocycles. The Labute approximate surface area is 84.5 Å². The molecule has 1 atom stereocenters. The first-order valence-corrected chi connectivity index (χ1v) is 5.43. The van der Waals surface area contributed by atoms with Gasteiger partial charge in [-0.2, -0.15) is 15.4 Å². The molecule has 0 radical (unpaired) electrons. The Morgan fingerprint density at radius 1 is 1.57 bits per heavy atom. The summed E-state index contributed by atoms with van der Waals surface area (Å²) in [4.78, 5) is 0. The van der Waals surface area contributed by atoms with E-state index in [1.165, 1.54) is 32.1 Å². The average Bonchev–Trinajstić information content (AvgIpc) is 2.86. The molecule has 1 saturated carbocycles. The highest BCUT2D eigenvalue weighted by atomic mass is 15.3. The summed E-state index contributed by atoms with van der Waals surface area (Å²) < 4.78 is 0. The minimum Gasteiger partial charge on any atom is -0.312 e. The van der Waals surface area contributed by atoms with Crippen LogP contribution in [0.1, 0.15) is 43.8 Å². The Hall–Kier alpha value is -0.900. The van der Waals surface area contributed by atoms with Gasteiger partial charge < -0.3 is 5.32 Å². The van der Waals surface area contributed by atoms with E-state index in [-0.39, 0.29) is 0 Å². The predicted molar refractivity (Wildman–Crippen MR) is 54.8 cm³/mol. The number of rotatable bonds is 4. The van der Waals surface area contributed by atoms with E-state index in [0.29, 0.717) is 6.04 Å². The number of aromatic nitrogens is 3. The summed E-state index contributed by atoms with van der Waals surface area (Å²) in [7, 11) is 1.99. The molecular formula is C10H18N4. The minimum absolute atomic E-state index is 0.372. The molecule has 1 aliphatic rings. The Kier molecular flexibility index (Phi) is 3.14. The highest BCUT2D eigenvalue weighted by molar-refractivity contribution is 4.99. The maximum Gasteiger partial charge on any atom is 0.0993 e. The van der Waals surface area contributed by atoms with Crippen LogP contribution in [0.5, 0.6) is 0 Å². The van der Waals surface area contributed by atoms with Crippen molar-refractivity contribution in [1.82, 2.24) is 20.7 Å². The SMILES string of the molecule is CNC(CC1CCCC1)c1cn[nH]n1. The van der Waals surface area contributed by atoms with E-state index in [2.05, 4.69) is 20.7 Å². The van der Waals surface area contributed by atoms with E-state index in [1.807, 2.05) is 13.2 Å². The lowest BCUT2D eigenvalue weighted by Crippen LogP contribution is -2.19. The summed E-state index contributed by atoms with van der Waals surface area (Å²) in [6.07, 6.45) is 8.59. The third-order valence-corrected chi connectivity index (χ3v) is 3.18. The Balaban J connectivity index is 1.93. The molecule has 0 saturated heterocycles. The van der Waals surface area contributed by atoms with Crippen molar-refractivity contribution in [3.63, 3.8) is 0 Å². The second-order valence-electron chi connectivity index (χ2n) is 4.12. The summed E-state index contributed by atoms with van der Waals surface area (Å²) >= 11 is 0. The zero-order valence-electron chi connectivity index (χ0n) is 8.66. The van der Waals surface area contributed by atoms with Gasteiger partial charge in [-0.3, -0.25) is 0 Å². The van der Waals surface area contributed by atoms with E-state index in [0.717, 1.165) is 11.6 Å². The van der Waals surface area contributed by atoms with Crippen LogP contribution in [0.4, 0.5) is 0 Å². The molecule has 1 fully saturated rings. The highest BCUT2D eigenvalue weighted by Crippen LogP contribution is 2.31. The van der Waals surface area contributed by atoms with Gasteiger partial charge in [0.1, 0.15) is 0 Å². The van der Waals surface area contributed by atoms with Gasteiger partial charge in [-0.25, -0.2) is 0 Å². The van der Waals surface area contributed by atoms with Crippen LogP contribution < -0.4 is 5.32 Å². The van der Waals surface area contributed by atoms with E-state index < -0.39 is 0 Å². The first kappa shape index (κ1) is 9.65. The van der Waals surface area contributed by atoms with E-state index in [4.69, 9.17) is 0 Å². The van der Waals surface area contributed by atoms with Gasteiger partial charge in [-0.05, 0) is 19.4 Å². The van der Waals surface area contributed by atoms with Crippen LogP contribution in [0.15, 0.2) is 6.20 Å². The van der Waals surface area contributed by atoms with Gasteiger partial charge in [0.05, 0.1) is 17.9 Å². The van der Waals surface area contributed by atoms with Crippen molar-refractivity contribution in [3.05, 3.63) is 11.9 Å². The zero-order chi connectivity index (χ0) is 9.80. The summed E-state index contributed by atoms with van der Waals surface area (Å²) in [5.41, 5.74) is 1.04. The van der Waals surface area contributed by atoms with Crippen molar-refractivity contribution in [3.8, 4) is 0 Å². The standard InChI is InChI=1S/C10H18N4/c1-11-9(10-7-12-14-13-10)6-8-4-2-3-5-8/h7-9,11H,2-6H2,1H3,(H,12,13,14). The normalized spacial score (nSPS) is 20.1. The molecule has 0 spiro atoms. The lowest BCUT2D eigenvalue weighted by atomic mass is 9.97. The second-order valence-corrected chi connectivity index (χ2v) is 4.12. The van der Waals surface area contributed by atoms with Crippen LogP contribution in [-0.2, 0) is 0 Å². The third kappa shape index (κ3) is 2.12.